The molecule has 7 heteroatoms. The highest BCUT2D eigenvalue weighted by Crippen LogP contribution is 2.28. The van der Waals surface area contributed by atoms with Crippen molar-refractivity contribution in [3.63, 3.8) is 0 Å². The standard InChI is InChI=1S/C13H23BrN2O3S/c1-6-15-8-10-7-11(12(14)19-10)20(17,18)16-9(2)13(3,4)5/h7,9,15-16H,6,8H2,1-5H3. The van der Waals surface area contributed by atoms with Gasteiger partial charge in [0.25, 0.3) is 0 Å². The van der Waals surface area contributed by atoms with E-state index < -0.39 is 10.0 Å². The van der Waals surface area contributed by atoms with Crippen LogP contribution in [-0.4, -0.2) is 21.0 Å². The summed E-state index contributed by atoms with van der Waals surface area (Å²) in [5.41, 5.74) is -0.157. The van der Waals surface area contributed by atoms with Crippen LogP contribution in [0.2, 0.25) is 0 Å². The number of halogens is 1. The number of hydrogen-bond acceptors (Lipinski definition) is 4. The van der Waals surface area contributed by atoms with Crippen molar-refractivity contribution < 1.29 is 12.8 Å². The fourth-order valence-corrected chi connectivity index (χ4v) is 3.84. The van der Waals surface area contributed by atoms with Gasteiger partial charge in [-0.2, -0.15) is 0 Å². The fraction of sp³-hybridized carbons (Fsp3) is 0.692. The number of hydrogen-bond donors (Lipinski definition) is 2. The Bertz CT molecular complexity index is 546. The van der Waals surface area contributed by atoms with Crippen LogP contribution in [0.3, 0.4) is 0 Å². The zero-order valence-corrected chi connectivity index (χ0v) is 15.0. The van der Waals surface area contributed by atoms with Gasteiger partial charge in [-0.15, -0.1) is 0 Å². The Morgan fingerprint density at radius 1 is 1.40 bits per heavy atom. The molecule has 116 valence electrons. The first-order chi connectivity index (χ1) is 9.08. The van der Waals surface area contributed by atoms with Crippen molar-refractivity contribution in [2.45, 2.75) is 52.1 Å². The lowest BCUT2D eigenvalue weighted by molar-refractivity contribution is 0.317. The summed E-state index contributed by atoms with van der Waals surface area (Å²) in [4.78, 5) is 0.140. The number of rotatable bonds is 6. The molecule has 2 N–H and O–H groups in total. The Kier molecular flexibility index (Phi) is 5.83. The molecule has 0 aliphatic carbocycles. The van der Waals surface area contributed by atoms with Gasteiger partial charge in [-0.3, -0.25) is 0 Å². The lowest BCUT2D eigenvalue weighted by atomic mass is 9.89. The number of nitrogens with one attached hydrogen (secondary N) is 2. The van der Waals surface area contributed by atoms with Gasteiger partial charge in [-0.1, -0.05) is 27.7 Å². The number of furan rings is 1. The van der Waals surface area contributed by atoms with Crippen LogP contribution in [0.25, 0.3) is 0 Å². The second kappa shape index (κ2) is 6.60. The lowest BCUT2D eigenvalue weighted by Gasteiger charge is -2.27. The summed E-state index contributed by atoms with van der Waals surface area (Å²) in [6.45, 7) is 11.1. The molecule has 1 heterocycles. The second-order valence-electron chi connectivity index (χ2n) is 5.84. The Morgan fingerprint density at radius 2 is 2.00 bits per heavy atom. The molecular weight excluding hydrogens is 344 g/mol. The first-order valence-electron chi connectivity index (χ1n) is 6.59. The first kappa shape index (κ1) is 17.7. The summed E-state index contributed by atoms with van der Waals surface area (Å²) < 4.78 is 33.1. The van der Waals surface area contributed by atoms with Crippen LogP contribution in [0, 0.1) is 5.41 Å². The molecule has 5 nitrogen and oxygen atoms in total. The van der Waals surface area contributed by atoms with Crippen molar-refractivity contribution >= 4 is 26.0 Å². The van der Waals surface area contributed by atoms with Crippen molar-refractivity contribution in [1.82, 2.24) is 10.0 Å². The van der Waals surface area contributed by atoms with Crippen molar-refractivity contribution in [2.75, 3.05) is 6.54 Å². The Morgan fingerprint density at radius 3 is 2.50 bits per heavy atom. The molecule has 1 unspecified atom stereocenters. The minimum Gasteiger partial charge on any atom is -0.452 e. The van der Waals surface area contributed by atoms with Crippen LogP contribution in [0.1, 0.15) is 40.4 Å². The van der Waals surface area contributed by atoms with Gasteiger partial charge in [0, 0.05) is 12.1 Å². The Labute approximate surface area is 129 Å². The average molecular weight is 367 g/mol. The van der Waals surface area contributed by atoms with E-state index in [1.54, 1.807) is 6.07 Å². The van der Waals surface area contributed by atoms with E-state index in [0.29, 0.717) is 12.3 Å². The monoisotopic (exact) mass is 366 g/mol. The van der Waals surface area contributed by atoms with Gasteiger partial charge in [-0.05, 0) is 34.8 Å². The molecule has 0 saturated heterocycles. The molecule has 1 rings (SSSR count). The lowest BCUT2D eigenvalue weighted by Crippen LogP contribution is -2.41. The molecule has 1 aromatic rings. The SMILES string of the molecule is CCNCc1cc(S(=O)(=O)NC(C)C(C)(C)C)c(Br)o1. The van der Waals surface area contributed by atoms with Crippen LogP contribution in [-0.2, 0) is 16.6 Å². The zero-order chi connectivity index (χ0) is 15.6. The quantitative estimate of drug-likeness (QED) is 0.811. The molecule has 0 spiro atoms. The van der Waals surface area contributed by atoms with Crippen molar-refractivity contribution in [3.8, 4) is 0 Å². The van der Waals surface area contributed by atoms with Crippen molar-refractivity contribution in [2.24, 2.45) is 5.41 Å². The van der Waals surface area contributed by atoms with Gasteiger partial charge < -0.3 is 9.73 Å². The summed E-state index contributed by atoms with van der Waals surface area (Å²) in [5, 5.41) is 3.09. The summed E-state index contributed by atoms with van der Waals surface area (Å²) in [6.07, 6.45) is 0. The third-order valence-corrected chi connectivity index (χ3v) is 5.57. The molecule has 20 heavy (non-hydrogen) atoms. The smallest absolute Gasteiger partial charge is 0.245 e. The average Bonchev–Trinajstić information content (AvgIpc) is 2.67. The third kappa shape index (κ3) is 4.58. The molecule has 1 atom stereocenters. The van der Waals surface area contributed by atoms with E-state index in [2.05, 4.69) is 26.0 Å². The van der Waals surface area contributed by atoms with E-state index in [1.165, 1.54) is 0 Å². The molecule has 0 amide bonds. The largest absolute Gasteiger partial charge is 0.452 e. The molecule has 0 aliphatic heterocycles. The van der Waals surface area contributed by atoms with Crippen LogP contribution >= 0.6 is 15.9 Å². The highest BCUT2D eigenvalue weighted by atomic mass is 79.9. The van der Waals surface area contributed by atoms with E-state index in [4.69, 9.17) is 4.42 Å². The predicted octanol–water partition coefficient (Wildman–Crippen LogP) is 2.86. The second-order valence-corrected chi connectivity index (χ2v) is 8.24. The van der Waals surface area contributed by atoms with Crippen molar-refractivity contribution in [1.29, 1.82) is 0 Å². The summed E-state index contributed by atoms with van der Waals surface area (Å²) in [7, 11) is -3.60. The van der Waals surface area contributed by atoms with E-state index in [-0.39, 0.29) is 21.0 Å². The first-order valence-corrected chi connectivity index (χ1v) is 8.86. The summed E-state index contributed by atoms with van der Waals surface area (Å²) in [5.74, 6) is 0.586. The molecular formula is C13H23BrN2O3S. The third-order valence-electron chi connectivity index (χ3n) is 3.18. The summed E-state index contributed by atoms with van der Waals surface area (Å²) in [6, 6.07) is 1.36. The maximum atomic E-state index is 12.4. The van der Waals surface area contributed by atoms with Gasteiger partial charge in [-0.25, -0.2) is 13.1 Å². The van der Waals surface area contributed by atoms with Gasteiger partial charge in [0.15, 0.2) is 4.67 Å². The summed E-state index contributed by atoms with van der Waals surface area (Å²) >= 11 is 3.17. The van der Waals surface area contributed by atoms with Gasteiger partial charge >= 0.3 is 0 Å². The van der Waals surface area contributed by atoms with E-state index >= 15 is 0 Å². The normalized spacial score (nSPS) is 14.5. The van der Waals surface area contributed by atoms with E-state index in [1.807, 2.05) is 34.6 Å². The van der Waals surface area contributed by atoms with E-state index in [0.717, 1.165) is 6.54 Å². The van der Waals surface area contributed by atoms with Crippen LogP contribution in [0.4, 0.5) is 0 Å². The fourth-order valence-electron chi connectivity index (χ4n) is 1.39. The topological polar surface area (TPSA) is 71.3 Å². The maximum absolute atomic E-state index is 12.4. The zero-order valence-electron chi connectivity index (χ0n) is 12.6. The molecule has 0 aromatic carbocycles. The van der Waals surface area contributed by atoms with Gasteiger partial charge in [0.1, 0.15) is 10.7 Å². The molecule has 0 aliphatic rings. The molecule has 0 fully saturated rings. The highest BCUT2D eigenvalue weighted by Gasteiger charge is 2.29. The maximum Gasteiger partial charge on any atom is 0.245 e. The molecule has 0 saturated carbocycles. The minimum atomic E-state index is -3.60. The molecule has 0 radical (unpaired) electrons. The van der Waals surface area contributed by atoms with Crippen molar-refractivity contribution in [3.05, 3.63) is 16.5 Å². The van der Waals surface area contributed by atoms with Crippen LogP contribution < -0.4 is 10.0 Å². The minimum absolute atomic E-state index is 0.140. The van der Waals surface area contributed by atoms with Crippen LogP contribution in [0.15, 0.2) is 20.0 Å². The Balaban J connectivity index is 2.95. The van der Waals surface area contributed by atoms with Gasteiger partial charge in [0.2, 0.25) is 10.0 Å². The van der Waals surface area contributed by atoms with Crippen LogP contribution in [0.5, 0.6) is 0 Å². The molecule has 1 aromatic heterocycles. The number of sulfonamides is 1. The van der Waals surface area contributed by atoms with Gasteiger partial charge in [0.05, 0.1) is 6.54 Å². The van der Waals surface area contributed by atoms with E-state index in [9.17, 15) is 8.42 Å². The molecule has 0 bridgehead atoms. The predicted molar refractivity (Wildman–Crippen MR) is 83.0 cm³/mol. The Hall–Kier alpha value is -0.370. The highest BCUT2D eigenvalue weighted by molar-refractivity contribution is 9.10.